The number of ketones is 1. The topological polar surface area (TPSA) is 29.1 Å². The van der Waals surface area contributed by atoms with Crippen molar-refractivity contribution in [2.24, 2.45) is 0 Å². The van der Waals surface area contributed by atoms with Gasteiger partial charge in [-0.05, 0) is 41.0 Å². The van der Waals surface area contributed by atoms with Gasteiger partial charge in [-0.25, -0.2) is 0 Å². The molecule has 3 aromatic carbocycles. The number of rotatable bonds is 5. The van der Waals surface area contributed by atoms with Crippen molar-refractivity contribution in [2.75, 3.05) is 11.9 Å². The fourth-order valence-corrected chi connectivity index (χ4v) is 2.51. The first-order valence-corrected chi connectivity index (χ1v) is 7.61. The van der Waals surface area contributed by atoms with E-state index in [0.29, 0.717) is 6.54 Å². The maximum absolute atomic E-state index is 12.3. The van der Waals surface area contributed by atoms with E-state index >= 15 is 0 Å². The van der Waals surface area contributed by atoms with Gasteiger partial charge in [-0.2, -0.15) is 0 Å². The van der Waals surface area contributed by atoms with Crippen LogP contribution in [0, 0.1) is 0 Å². The lowest BCUT2D eigenvalue weighted by molar-refractivity contribution is 0.101. The minimum absolute atomic E-state index is 0.102. The zero-order valence-electron chi connectivity index (χ0n) is 12.7. The molecule has 0 bridgehead atoms. The molecule has 0 amide bonds. The molecule has 0 saturated carbocycles. The molecule has 0 spiro atoms. The van der Waals surface area contributed by atoms with Gasteiger partial charge in [0.15, 0.2) is 5.78 Å². The van der Waals surface area contributed by atoms with Crippen LogP contribution in [0.25, 0.3) is 10.8 Å². The molecule has 3 rings (SSSR count). The Bertz CT molecular complexity index is 790. The third-order valence-corrected chi connectivity index (χ3v) is 3.89. The summed E-state index contributed by atoms with van der Waals surface area (Å²) in [6, 6.07) is 22.1. The van der Waals surface area contributed by atoms with Crippen molar-refractivity contribution in [3.05, 3.63) is 77.9 Å². The van der Waals surface area contributed by atoms with Crippen LogP contribution >= 0.6 is 0 Å². The number of aryl methyl sites for hydroxylation is 1. The van der Waals surface area contributed by atoms with Crippen molar-refractivity contribution >= 4 is 22.2 Å². The van der Waals surface area contributed by atoms with Crippen LogP contribution in [0.3, 0.4) is 0 Å². The van der Waals surface area contributed by atoms with Gasteiger partial charge in [0.25, 0.3) is 0 Å². The van der Waals surface area contributed by atoms with Crippen molar-refractivity contribution in [2.45, 2.75) is 13.3 Å². The fraction of sp³-hybridized carbons (Fsp3) is 0.150. The zero-order chi connectivity index (χ0) is 15.4. The molecule has 1 N–H and O–H groups in total. The molecule has 3 aromatic rings. The van der Waals surface area contributed by atoms with E-state index in [4.69, 9.17) is 0 Å². The van der Waals surface area contributed by atoms with Crippen molar-refractivity contribution in [3.8, 4) is 0 Å². The summed E-state index contributed by atoms with van der Waals surface area (Å²) in [7, 11) is 0. The highest BCUT2D eigenvalue weighted by Crippen LogP contribution is 2.16. The van der Waals surface area contributed by atoms with Crippen LogP contribution in [0.4, 0.5) is 5.69 Å². The molecular formula is C20H19NO. The Morgan fingerprint density at radius 2 is 1.64 bits per heavy atom. The van der Waals surface area contributed by atoms with Gasteiger partial charge in [0, 0.05) is 11.3 Å². The second kappa shape index (κ2) is 6.44. The van der Waals surface area contributed by atoms with Crippen LogP contribution in [0.5, 0.6) is 0 Å². The SMILES string of the molecule is CCc1ccc(NCC(=O)c2ccc3ccccc3c2)cc1. The molecule has 2 nitrogen and oxygen atoms in total. The summed E-state index contributed by atoms with van der Waals surface area (Å²) in [4.78, 5) is 12.3. The lowest BCUT2D eigenvalue weighted by atomic mass is 10.0. The summed E-state index contributed by atoms with van der Waals surface area (Å²) in [5.74, 6) is 0.102. The monoisotopic (exact) mass is 289 g/mol. The number of fused-ring (bicyclic) bond motifs is 1. The molecule has 0 aromatic heterocycles. The summed E-state index contributed by atoms with van der Waals surface area (Å²) in [6.07, 6.45) is 1.02. The van der Waals surface area contributed by atoms with E-state index in [1.807, 2.05) is 48.5 Å². The van der Waals surface area contributed by atoms with Crippen LogP contribution in [0.2, 0.25) is 0 Å². The van der Waals surface area contributed by atoms with E-state index in [2.05, 4.69) is 30.4 Å². The first-order chi connectivity index (χ1) is 10.8. The van der Waals surface area contributed by atoms with Crippen LogP contribution in [-0.2, 0) is 6.42 Å². The number of nitrogens with one attached hydrogen (secondary N) is 1. The Hall–Kier alpha value is -2.61. The van der Waals surface area contributed by atoms with E-state index in [9.17, 15) is 4.79 Å². The number of benzene rings is 3. The fourth-order valence-electron chi connectivity index (χ4n) is 2.51. The standard InChI is InChI=1S/C20H19NO/c1-2-15-7-11-19(12-8-15)21-14-20(22)18-10-9-16-5-3-4-6-17(16)13-18/h3-13,21H,2,14H2,1H3. The lowest BCUT2D eigenvalue weighted by Gasteiger charge is -2.07. The molecule has 0 aliphatic heterocycles. The molecule has 0 fully saturated rings. The summed E-state index contributed by atoms with van der Waals surface area (Å²) < 4.78 is 0. The Balaban J connectivity index is 1.69. The van der Waals surface area contributed by atoms with E-state index in [1.165, 1.54) is 5.56 Å². The van der Waals surface area contributed by atoms with E-state index < -0.39 is 0 Å². The van der Waals surface area contributed by atoms with Gasteiger partial charge in [0.2, 0.25) is 0 Å². The third-order valence-electron chi connectivity index (χ3n) is 3.89. The van der Waals surface area contributed by atoms with Gasteiger partial charge in [0.05, 0.1) is 6.54 Å². The highest BCUT2D eigenvalue weighted by molar-refractivity contribution is 6.02. The van der Waals surface area contributed by atoms with Crippen molar-refractivity contribution in [3.63, 3.8) is 0 Å². The minimum atomic E-state index is 0.102. The highest BCUT2D eigenvalue weighted by atomic mass is 16.1. The van der Waals surface area contributed by atoms with Gasteiger partial charge >= 0.3 is 0 Å². The molecule has 0 aliphatic carbocycles. The normalized spacial score (nSPS) is 10.6. The van der Waals surface area contributed by atoms with Crippen LogP contribution in [0.1, 0.15) is 22.8 Å². The van der Waals surface area contributed by atoms with E-state index in [1.54, 1.807) is 0 Å². The third kappa shape index (κ3) is 3.17. The van der Waals surface area contributed by atoms with Gasteiger partial charge in [0.1, 0.15) is 0 Å². The van der Waals surface area contributed by atoms with Gasteiger partial charge in [-0.1, -0.05) is 55.5 Å². The van der Waals surface area contributed by atoms with Crippen LogP contribution in [0.15, 0.2) is 66.7 Å². The second-order valence-electron chi connectivity index (χ2n) is 5.39. The highest BCUT2D eigenvalue weighted by Gasteiger charge is 2.06. The summed E-state index contributed by atoms with van der Waals surface area (Å²) >= 11 is 0. The predicted molar refractivity (Wildman–Crippen MR) is 92.6 cm³/mol. The molecular weight excluding hydrogens is 270 g/mol. The lowest BCUT2D eigenvalue weighted by Crippen LogP contribution is -2.13. The number of carbonyl (C=O) groups excluding carboxylic acids is 1. The number of hydrogen-bond donors (Lipinski definition) is 1. The molecule has 0 radical (unpaired) electrons. The summed E-state index contributed by atoms with van der Waals surface area (Å²) in [5, 5.41) is 5.45. The summed E-state index contributed by atoms with van der Waals surface area (Å²) in [5.41, 5.74) is 3.02. The maximum atomic E-state index is 12.3. The van der Waals surface area contributed by atoms with Crippen LogP contribution in [-0.4, -0.2) is 12.3 Å². The average molecular weight is 289 g/mol. The van der Waals surface area contributed by atoms with Gasteiger partial charge in [-0.3, -0.25) is 4.79 Å². The molecule has 2 heteroatoms. The Labute approximate surface area is 130 Å². The van der Waals surface area contributed by atoms with E-state index in [0.717, 1.165) is 28.4 Å². The molecule has 0 aliphatic rings. The molecule has 0 saturated heterocycles. The molecule has 0 heterocycles. The van der Waals surface area contributed by atoms with Crippen molar-refractivity contribution in [1.82, 2.24) is 0 Å². The molecule has 0 unspecified atom stereocenters. The Morgan fingerprint density at radius 1 is 0.909 bits per heavy atom. The number of anilines is 1. The second-order valence-corrected chi connectivity index (χ2v) is 5.39. The van der Waals surface area contributed by atoms with Crippen molar-refractivity contribution < 1.29 is 4.79 Å². The summed E-state index contributed by atoms with van der Waals surface area (Å²) in [6.45, 7) is 2.44. The van der Waals surface area contributed by atoms with Crippen molar-refractivity contribution in [1.29, 1.82) is 0 Å². The minimum Gasteiger partial charge on any atom is -0.378 e. The molecule has 110 valence electrons. The van der Waals surface area contributed by atoms with Gasteiger partial charge < -0.3 is 5.32 Å². The maximum Gasteiger partial charge on any atom is 0.181 e. The Morgan fingerprint density at radius 3 is 2.36 bits per heavy atom. The molecule has 0 atom stereocenters. The number of Topliss-reactive ketones (excluding diaryl/α,β-unsaturated/α-hetero) is 1. The number of carbonyl (C=O) groups is 1. The predicted octanol–water partition coefficient (Wildman–Crippen LogP) is 4.70. The largest absolute Gasteiger partial charge is 0.378 e. The smallest absolute Gasteiger partial charge is 0.181 e. The van der Waals surface area contributed by atoms with E-state index in [-0.39, 0.29) is 5.78 Å². The first-order valence-electron chi connectivity index (χ1n) is 7.61. The average Bonchev–Trinajstić information content (AvgIpc) is 2.59. The first kappa shape index (κ1) is 14.3. The van der Waals surface area contributed by atoms with Crippen LogP contribution < -0.4 is 5.32 Å². The molecule has 22 heavy (non-hydrogen) atoms. The Kier molecular flexibility index (Phi) is 4.19. The van der Waals surface area contributed by atoms with Gasteiger partial charge in [-0.15, -0.1) is 0 Å². The zero-order valence-corrected chi connectivity index (χ0v) is 12.7. The number of hydrogen-bond acceptors (Lipinski definition) is 2. The quantitative estimate of drug-likeness (QED) is 0.690.